The van der Waals surface area contributed by atoms with E-state index in [4.69, 9.17) is 10.5 Å². The number of aryl methyl sites for hydroxylation is 1. The summed E-state index contributed by atoms with van der Waals surface area (Å²) in [7, 11) is 3.57. The van der Waals surface area contributed by atoms with E-state index in [1.54, 1.807) is 25.2 Å². The Morgan fingerprint density at radius 1 is 1.57 bits per heavy atom. The van der Waals surface area contributed by atoms with Crippen molar-refractivity contribution in [3.05, 3.63) is 23.9 Å². The van der Waals surface area contributed by atoms with Crippen molar-refractivity contribution in [2.24, 2.45) is 0 Å². The number of anilines is 1. The van der Waals surface area contributed by atoms with Crippen molar-refractivity contribution in [2.45, 2.75) is 18.9 Å². The van der Waals surface area contributed by atoms with Crippen molar-refractivity contribution in [2.75, 3.05) is 46.1 Å². The van der Waals surface area contributed by atoms with E-state index in [2.05, 4.69) is 9.88 Å². The summed E-state index contributed by atoms with van der Waals surface area (Å²) in [5.74, 6) is 0.688. The number of aromatic nitrogens is 1. The van der Waals surface area contributed by atoms with Crippen LogP contribution in [0.15, 0.2) is 18.3 Å². The summed E-state index contributed by atoms with van der Waals surface area (Å²) in [6.45, 7) is 2.78. The monoisotopic (exact) mass is 292 g/mol. The molecule has 1 saturated heterocycles. The maximum Gasteiger partial charge on any atom is 0.236 e. The first-order valence-corrected chi connectivity index (χ1v) is 7.29. The number of amides is 1. The average Bonchev–Trinajstić information content (AvgIpc) is 2.45. The van der Waals surface area contributed by atoms with Gasteiger partial charge >= 0.3 is 0 Å². The molecule has 0 aromatic carbocycles. The first-order valence-electron chi connectivity index (χ1n) is 7.29. The standard InChI is InChI=1S/C15H24N4O2/c1-18(2)15(20)11-19-7-8-21-13(10-19)4-3-12-5-6-17-14(16)9-12/h5-6,9,13H,3-4,7-8,10-11H2,1-2H3,(H2,16,17)/t13-/m0/s1. The predicted octanol–water partition coefficient (Wildman–Crippen LogP) is 0.385. The number of hydrogen-bond acceptors (Lipinski definition) is 5. The highest BCUT2D eigenvalue weighted by Gasteiger charge is 2.22. The lowest BCUT2D eigenvalue weighted by Gasteiger charge is -2.33. The molecule has 0 saturated carbocycles. The van der Waals surface area contributed by atoms with Crippen molar-refractivity contribution in [1.29, 1.82) is 0 Å². The van der Waals surface area contributed by atoms with Gasteiger partial charge in [0.15, 0.2) is 0 Å². The van der Waals surface area contributed by atoms with Crippen LogP contribution in [0.3, 0.4) is 0 Å². The van der Waals surface area contributed by atoms with E-state index >= 15 is 0 Å². The van der Waals surface area contributed by atoms with E-state index in [9.17, 15) is 4.79 Å². The van der Waals surface area contributed by atoms with E-state index in [1.165, 1.54) is 5.56 Å². The Hall–Kier alpha value is -1.66. The lowest BCUT2D eigenvalue weighted by molar-refractivity contribution is -0.132. The first kappa shape index (κ1) is 15.7. The summed E-state index contributed by atoms with van der Waals surface area (Å²) >= 11 is 0. The molecule has 0 bridgehead atoms. The number of hydrogen-bond donors (Lipinski definition) is 1. The zero-order chi connectivity index (χ0) is 15.2. The van der Waals surface area contributed by atoms with Gasteiger partial charge in [-0.05, 0) is 30.5 Å². The van der Waals surface area contributed by atoms with E-state index in [0.717, 1.165) is 25.9 Å². The molecule has 116 valence electrons. The Morgan fingerprint density at radius 2 is 2.38 bits per heavy atom. The molecule has 1 amide bonds. The number of ether oxygens (including phenoxy) is 1. The molecule has 1 aliphatic heterocycles. The van der Waals surface area contributed by atoms with Crippen LogP contribution in [0.25, 0.3) is 0 Å². The van der Waals surface area contributed by atoms with Crippen molar-refractivity contribution in [3.63, 3.8) is 0 Å². The highest BCUT2D eigenvalue weighted by atomic mass is 16.5. The second-order valence-corrected chi connectivity index (χ2v) is 5.64. The minimum Gasteiger partial charge on any atom is -0.384 e. The van der Waals surface area contributed by atoms with Crippen molar-refractivity contribution < 1.29 is 9.53 Å². The normalized spacial score (nSPS) is 19.4. The molecule has 0 radical (unpaired) electrons. The molecule has 6 heteroatoms. The number of rotatable bonds is 5. The van der Waals surface area contributed by atoms with Crippen LogP contribution < -0.4 is 5.73 Å². The molecule has 1 aromatic rings. The SMILES string of the molecule is CN(C)C(=O)CN1CCO[C@@H](CCc2ccnc(N)c2)C1. The second-order valence-electron chi connectivity index (χ2n) is 5.64. The van der Waals surface area contributed by atoms with Crippen LogP contribution in [-0.2, 0) is 16.0 Å². The summed E-state index contributed by atoms with van der Waals surface area (Å²) in [5.41, 5.74) is 6.85. The summed E-state index contributed by atoms with van der Waals surface area (Å²) in [5, 5.41) is 0. The largest absolute Gasteiger partial charge is 0.384 e. The van der Waals surface area contributed by atoms with Crippen LogP contribution in [0.5, 0.6) is 0 Å². The quantitative estimate of drug-likeness (QED) is 0.850. The number of nitrogens with two attached hydrogens (primary N) is 1. The number of pyridine rings is 1. The fourth-order valence-electron chi connectivity index (χ4n) is 2.41. The van der Waals surface area contributed by atoms with Gasteiger partial charge in [-0.1, -0.05) is 0 Å². The summed E-state index contributed by atoms with van der Waals surface area (Å²) in [4.78, 5) is 19.5. The number of likely N-dealkylation sites (N-methyl/N-ethyl adjacent to an activating group) is 1. The number of carbonyl (C=O) groups excluding carboxylic acids is 1. The lowest BCUT2D eigenvalue weighted by atomic mass is 10.1. The van der Waals surface area contributed by atoms with E-state index in [-0.39, 0.29) is 12.0 Å². The van der Waals surface area contributed by atoms with Gasteiger partial charge in [-0.3, -0.25) is 9.69 Å². The van der Waals surface area contributed by atoms with Gasteiger partial charge in [0.1, 0.15) is 5.82 Å². The molecule has 21 heavy (non-hydrogen) atoms. The molecule has 0 unspecified atom stereocenters. The van der Waals surface area contributed by atoms with E-state index < -0.39 is 0 Å². The van der Waals surface area contributed by atoms with Gasteiger partial charge in [-0.15, -0.1) is 0 Å². The molecule has 0 spiro atoms. The minimum absolute atomic E-state index is 0.137. The summed E-state index contributed by atoms with van der Waals surface area (Å²) < 4.78 is 5.79. The van der Waals surface area contributed by atoms with Gasteiger partial charge in [0.05, 0.1) is 19.3 Å². The van der Waals surface area contributed by atoms with E-state index in [0.29, 0.717) is 19.0 Å². The molecule has 1 fully saturated rings. The van der Waals surface area contributed by atoms with Gasteiger partial charge in [0.2, 0.25) is 5.91 Å². The Labute approximate surface area is 125 Å². The number of carbonyl (C=O) groups is 1. The molecule has 1 atom stereocenters. The Kier molecular flexibility index (Phi) is 5.52. The van der Waals surface area contributed by atoms with Crippen LogP contribution >= 0.6 is 0 Å². The zero-order valence-corrected chi connectivity index (χ0v) is 12.8. The van der Waals surface area contributed by atoms with Gasteiger partial charge in [0.25, 0.3) is 0 Å². The number of nitrogens with zero attached hydrogens (tertiary/aromatic N) is 3. The van der Waals surface area contributed by atoms with Crippen LogP contribution in [0, 0.1) is 0 Å². The maximum absolute atomic E-state index is 11.8. The number of morpholine rings is 1. The molecule has 2 rings (SSSR count). The van der Waals surface area contributed by atoms with Crippen LogP contribution in [0.4, 0.5) is 5.82 Å². The van der Waals surface area contributed by atoms with Crippen molar-refractivity contribution in [3.8, 4) is 0 Å². The molecule has 2 heterocycles. The Balaban J connectivity index is 1.80. The molecule has 6 nitrogen and oxygen atoms in total. The molecular formula is C15H24N4O2. The fourth-order valence-corrected chi connectivity index (χ4v) is 2.41. The second kappa shape index (κ2) is 7.38. The molecular weight excluding hydrogens is 268 g/mol. The lowest BCUT2D eigenvalue weighted by Crippen LogP contribution is -2.46. The van der Waals surface area contributed by atoms with Crippen molar-refractivity contribution in [1.82, 2.24) is 14.8 Å². The maximum atomic E-state index is 11.8. The highest BCUT2D eigenvalue weighted by Crippen LogP contribution is 2.13. The third-order valence-corrected chi connectivity index (χ3v) is 3.68. The summed E-state index contributed by atoms with van der Waals surface area (Å²) in [6, 6.07) is 3.88. The predicted molar refractivity (Wildman–Crippen MR) is 81.8 cm³/mol. The molecule has 1 aliphatic rings. The van der Waals surface area contributed by atoms with Crippen LogP contribution in [0.1, 0.15) is 12.0 Å². The molecule has 2 N–H and O–H groups in total. The van der Waals surface area contributed by atoms with Crippen LogP contribution in [0.2, 0.25) is 0 Å². The van der Waals surface area contributed by atoms with Gasteiger partial charge in [-0.2, -0.15) is 0 Å². The van der Waals surface area contributed by atoms with E-state index in [1.807, 2.05) is 12.1 Å². The minimum atomic E-state index is 0.137. The average molecular weight is 292 g/mol. The van der Waals surface area contributed by atoms with Gasteiger partial charge in [-0.25, -0.2) is 4.98 Å². The van der Waals surface area contributed by atoms with Crippen LogP contribution in [-0.4, -0.2) is 67.1 Å². The van der Waals surface area contributed by atoms with Crippen molar-refractivity contribution >= 4 is 11.7 Å². The topological polar surface area (TPSA) is 71.7 Å². The Morgan fingerprint density at radius 3 is 3.10 bits per heavy atom. The third kappa shape index (κ3) is 4.99. The zero-order valence-electron chi connectivity index (χ0n) is 12.8. The highest BCUT2D eigenvalue weighted by molar-refractivity contribution is 5.77. The summed E-state index contributed by atoms with van der Waals surface area (Å²) in [6.07, 6.45) is 3.74. The number of nitrogen functional groups attached to an aromatic ring is 1. The third-order valence-electron chi connectivity index (χ3n) is 3.68. The first-order chi connectivity index (χ1) is 10.0. The van der Waals surface area contributed by atoms with Gasteiger partial charge < -0.3 is 15.4 Å². The van der Waals surface area contributed by atoms with Gasteiger partial charge in [0, 0.05) is 33.4 Å². The Bertz CT molecular complexity index is 478. The molecule has 1 aromatic heterocycles. The fraction of sp³-hybridized carbons (Fsp3) is 0.600. The molecule has 0 aliphatic carbocycles. The smallest absolute Gasteiger partial charge is 0.236 e.